The molecule has 0 radical (unpaired) electrons. The van der Waals surface area contributed by atoms with E-state index < -0.39 is 0 Å². The van der Waals surface area contributed by atoms with Crippen LogP contribution in [0.15, 0.2) is 36.5 Å². The van der Waals surface area contributed by atoms with E-state index in [2.05, 4.69) is 25.4 Å². The first-order valence-electron chi connectivity index (χ1n) is 10.7. The van der Waals surface area contributed by atoms with Crippen LogP contribution in [-0.4, -0.2) is 49.2 Å². The monoisotopic (exact) mass is 439 g/mol. The molecule has 0 atom stereocenters. The first kappa shape index (κ1) is 21.4. The van der Waals surface area contributed by atoms with E-state index >= 15 is 0 Å². The maximum absolute atomic E-state index is 12.6. The maximum atomic E-state index is 12.6. The van der Waals surface area contributed by atoms with Crippen molar-refractivity contribution in [1.29, 1.82) is 0 Å². The largest absolute Gasteiger partial charge is 0.490 e. The highest BCUT2D eigenvalue weighted by Crippen LogP contribution is 2.31. The summed E-state index contributed by atoms with van der Waals surface area (Å²) in [6.07, 6.45) is 5.18. The summed E-state index contributed by atoms with van der Waals surface area (Å²) < 4.78 is 6.03. The summed E-state index contributed by atoms with van der Waals surface area (Å²) in [6, 6.07) is 9.07. The van der Waals surface area contributed by atoms with Crippen LogP contribution in [0, 0.1) is 6.57 Å². The number of benzene rings is 1. The summed E-state index contributed by atoms with van der Waals surface area (Å²) in [5.74, 6) is 1.52. The van der Waals surface area contributed by atoms with E-state index in [1.54, 1.807) is 24.4 Å². The molecular weight excluding hydrogens is 414 g/mol. The molecule has 1 aromatic carbocycles. The molecule has 4 rings (SSSR count). The Labute approximate surface area is 187 Å². The highest BCUT2D eigenvalue weighted by atomic mass is 35.5. The van der Waals surface area contributed by atoms with E-state index in [9.17, 15) is 4.79 Å². The Hall–Kier alpha value is -2.82. The first-order valence-corrected chi connectivity index (χ1v) is 11.1. The molecule has 2 aliphatic rings. The second kappa shape index (κ2) is 9.99. The van der Waals surface area contributed by atoms with Gasteiger partial charge in [-0.05, 0) is 49.9 Å². The minimum atomic E-state index is -0.0785. The van der Waals surface area contributed by atoms with Gasteiger partial charge in [-0.25, -0.2) is 9.83 Å². The molecule has 1 amide bonds. The SMILES string of the molecule is [C-]#[N+]c1ccc(OC2CCC(NC(=O)c3ccc(N4CCNCC4)nc3)CC2)cc1Cl. The lowest BCUT2D eigenvalue weighted by molar-refractivity contribution is 0.0893. The number of rotatable bonds is 5. The van der Waals surface area contributed by atoms with Gasteiger partial charge in [0, 0.05) is 38.4 Å². The number of pyridine rings is 1. The number of nitrogens with one attached hydrogen (secondary N) is 2. The first-order chi connectivity index (χ1) is 15.1. The van der Waals surface area contributed by atoms with Crippen molar-refractivity contribution in [1.82, 2.24) is 15.6 Å². The molecule has 2 aromatic rings. The zero-order valence-electron chi connectivity index (χ0n) is 17.3. The van der Waals surface area contributed by atoms with Crippen LogP contribution in [0.1, 0.15) is 36.0 Å². The third-order valence-electron chi connectivity index (χ3n) is 5.80. The van der Waals surface area contributed by atoms with Gasteiger partial charge in [0.05, 0.1) is 23.3 Å². The summed E-state index contributed by atoms with van der Waals surface area (Å²) in [6.45, 7) is 10.8. The Morgan fingerprint density at radius 1 is 1.19 bits per heavy atom. The molecule has 1 aliphatic carbocycles. The molecule has 8 heteroatoms. The zero-order valence-corrected chi connectivity index (χ0v) is 18.1. The molecule has 0 spiro atoms. The molecule has 2 N–H and O–H groups in total. The molecule has 1 saturated carbocycles. The van der Waals surface area contributed by atoms with Crippen molar-refractivity contribution in [2.45, 2.75) is 37.8 Å². The second-order valence-electron chi connectivity index (χ2n) is 7.93. The van der Waals surface area contributed by atoms with E-state index in [0.717, 1.165) is 57.7 Å². The number of ether oxygens (including phenoxy) is 1. The van der Waals surface area contributed by atoms with Crippen LogP contribution in [0.5, 0.6) is 5.75 Å². The van der Waals surface area contributed by atoms with Gasteiger partial charge in [-0.2, -0.15) is 0 Å². The summed E-state index contributed by atoms with van der Waals surface area (Å²) in [5.41, 5.74) is 1.02. The third-order valence-corrected chi connectivity index (χ3v) is 6.11. The Bertz CT molecular complexity index is 945. The van der Waals surface area contributed by atoms with Gasteiger partial charge in [0.15, 0.2) is 0 Å². The highest BCUT2D eigenvalue weighted by molar-refractivity contribution is 6.33. The fourth-order valence-corrected chi connectivity index (χ4v) is 4.25. The molecular formula is C23H26ClN5O2. The van der Waals surface area contributed by atoms with E-state index in [4.69, 9.17) is 22.9 Å². The molecule has 1 saturated heterocycles. The number of hydrogen-bond acceptors (Lipinski definition) is 5. The predicted octanol–water partition coefficient (Wildman–Crippen LogP) is 3.82. The van der Waals surface area contributed by atoms with Gasteiger partial charge in [0.25, 0.3) is 5.91 Å². The Morgan fingerprint density at radius 2 is 1.97 bits per heavy atom. The van der Waals surface area contributed by atoms with Crippen LogP contribution >= 0.6 is 11.6 Å². The van der Waals surface area contributed by atoms with Crippen molar-refractivity contribution in [2.75, 3.05) is 31.1 Å². The van der Waals surface area contributed by atoms with E-state index in [1.807, 2.05) is 12.1 Å². The molecule has 1 aromatic heterocycles. The van der Waals surface area contributed by atoms with Gasteiger partial charge >= 0.3 is 0 Å². The van der Waals surface area contributed by atoms with Crippen molar-refractivity contribution < 1.29 is 9.53 Å². The number of carbonyl (C=O) groups is 1. The van der Waals surface area contributed by atoms with Crippen molar-refractivity contribution >= 4 is 29.0 Å². The van der Waals surface area contributed by atoms with Crippen LogP contribution in [0.3, 0.4) is 0 Å². The summed E-state index contributed by atoms with van der Waals surface area (Å²) >= 11 is 6.09. The standard InChI is InChI=1S/C23H26ClN5O2/c1-25-21-8-7-19(14-20(21)24)31-18-5-3-17(4-6-18)28-23(30)16-2-9-22(27-15-16)29-12-10-26-11-13-29/h2,7-9,14-15,17-18,26H,3-6,10-13H2,(H,28,30). The van der Waals surface area contributed by atoms with Crippen molar-refractivity contribution in [3.8, 4) is 5.75 Å². The molecule has 2 fully saturated rings. The topological polar surface area (TPSA) is 70.8 Å². The van der Waals surface area contributed by atoms with Gasteiger partial charge in [0.2, 0.25) is 5.69 Å². The van der Waals surface area contributed by atoms with Crippen LogP contribution in [0.4, 0.5) is 11.5 Å². The number of halogens is 1. The third kappa shape index (κ3) is 5.46. The lowest BCUT2D eigenvalue weighted by atomic mass is 9.92. The smallest absolute Gasteiger partial charge is 0.253 e. The molecule has 162 valence electrons. The number of anilines is 1. The van der Waals surface area contributed by atoms with Crippen molar-refractivity contribution in [3.05, 3.63) is 58.5 Å². The quantitative estimate of drug-likeness (QED) is 0.693. The van der Waals surface area contributed by atoms with Gasteiger partial charge < -0.3 is 20.3 Å². The minimum absolute atomic E-state index is 0.0785. The lowest BCUT2D eigenvalue weighted by Gasteiger charge is -2.30. The van der Waals surface area contributed by atoms with E-state index in [-0.39, 0.29) is 18.1 Å². The van der Waals surface area contributed by atoms with Crippen LogP contribution in [0.25, 0.3) is 4.85 Å². The van der Waals surface area contributed by atoms with Crippen molar-refractivity contribution in [3.63, 3.8) is 0 Å². The lowest BCUT2D eigenvalue weighted by Crippen LogP contribution is -2.44. The fourth-order valence-electron chi connectivity index (χ4n) is 4.04. The Balaban J connectivity index is 1.25. The minimum Gasteiger partial charge on any atom is -0.490 e. The zero-order chi connectivity index (χ0) is 21.6. The molecule has 0 bridgehead atoms. The van der Waals surface area contributed by atoms with Gasteiger partial charge in [-0.1, -0.05) is 17.7 Å². The number of hydrogen-bond donors (Lipinski definition) is 2. The maximum Gasteiger partial charge on any atom is 0.253 e. The predicted molar refractivity (Wildman–Crippen MR) is 121 cm³/mol. The molecule has 2 heterocycles. The average Bonchev–Trinajstić information content (AvgIpc) is 2.81. The molecule has 1 aliphatic heterocycles. The second-order valence-corrected chi connectivity index (χ2v) is 8.34. The van der Waals surface area contributed by atoms with Gasteiger partial charge in [-0.15, -0.1) is 0 Å². The fraction of sp³-hybridized carbons (Fsp3) is 0.435. The molecule has 7 nitrogen and oxygen atoms in total. The number of piperazine rings is 1. The van der Waals surface area contributed by atoms with Crippen LogP contribution in [-0.2, 0) is 0 Å². The highest BCUT2D eigenvalue weighted by Gasteiger charge is 2.24. The summed E-state index contributed by atoms with van der Waals surface area (Å²) in [4.78, 5) is 22.7. The van der Waals surface area contributed by atoms with E-state index in [1.165, 1.54) is 0 Å². The number of carbonyl (C=O) groups excluding carboxylic acids is 1. The average molecular weight is 440 g/mol. The van der Waals surface area contributed by atoms with Crippen LogP contribution < -0.4 is 20.3 Å². The normalized spacial score (nSPS) is 21.2. The van der Waals surface area contributed by atoms with Gasteiger partial charge in [0.1, 0.15) is 11.6 Å². The van der Waals surface area contributed by atoms with Crippen LogP contribution in [0.2, 0.25) is 5.02 Å². The van der Waals surface area contributed by atoms with Gasteiger partial charge in [-0.3, -0.25) is 4.79 Å². The van der Waals surface area contributed by atoms with Crippen molar-refractivity contribution in [2.24, 2.45) is 0 Å². The number of nitrogens with zero attached hydrogens (tertiary/aromatic N) is 3. The molecule has 0 unspecified atom stereocenters. The molecule has 31 heavy (non-hydrogen) atoms. The Morgan fingerprint density at radius 3 is 2.61 bits per heavy atom. The Kier molecular flexibility index (Phi) is 6.90. The van der Waals surface area contributed by atoms with E-state index in [0.29, 0.717) is 22.0 Å². The number of aromatic nitrogens is 1. The summed E-state index contributed by atoms with van der Waals surface area (Å²) in [5, 5.41) is 6.86. The number of amides is 1. The summed E-state index contributed by atoms with van der Waals surface area (Å²) in [7, 11) is 0.